The number of hydrogen-bond donors (Lipinski definition) is 1. The quantitative estimate of drug-likeness (QED) is 0.572. The van der Waals surface area contributed by atoms with Crippen molar-refractivity contribution in [1.29, 1.82) is 0 Å². The summed E-state index contributed by atoms with van der Waals surface area (Å²) in [6, 6.07) is 0. The first-order valence-corrected chi connectivity index (χ1v) is 5.94. The van der Waals surface area contributed by atoms with Crippen LogP contribution < -0.4 is 0 Å². The molecule has 1 heteroatoms. The van der Waals surface area contributed by atoms with Gasteiger partial charge >= 0.3 is 0 Å². The van der Waals surface area contributed by atoms with Gasteiger partial charge in [-0.15, -0.1) is 0 Å². The highest BCUT2D eigenvalue weighted by molar-refractivity contribution is 4.92. The molecule has 0 amide bonds. The second kappa shape index (κ2) is 5.64. The van der Waals surface area contributed by atoms with Crippen LogP contribution in [0.4, 0.5) is 0 Å². The fourth-order valence-corrected chi connectivity index (χ4v) is 2.14. The van der Waals surface area contributed by atoms with Gasteiger partial charge in [0, 0.05) is 6.61 Å². The van der Waals surface area contributed by atoms with Crippen molar-refractivity contribution in [2.24, 2.45) is 5.41 Å². The zero-order valence-electron chi connectivity index (χ0n) is 9.02. The molecule has 1 nitrogen and oxygen atoms in total. The Balaban J connectivity index is 1.93. The maximum Gasteiger partial charge on any atom is 0.0436 e. The van der Waals surface area contributed by atoms with Crippen LogP contribution in [-0.2, 0) is 0 Å². The van der Waals surface area contributed by atoms with Crippen LogP contribution in [0, 0.1) is 5.41 Å². The molecule has 0 radical (unpaired) electrons. The van der Waals surface area contributed by atoms with E-state index < -0.39 is 0 Å². The van der Waals surface area contributed by atoms with Crippen LogP contribution in [0.25, 0.3) is 0 Å². The normalized spacial score (nSPS) is 18.9. The molecule has 0 aromatic carbocycles. The third kappa shape index (κ3) is 4.12. The van der Waals surface area contributed by atoms with Gasteiger partial charge < -0.3 is 5.11 Å². The maximum absolute atomic E-state index is 8.88. The van der Waals surface area contributed by atoms with E-state index in [1.54, 1.807) is 0 Å². The van der Waals surface area contributed by atoms with Crippen molar-refractivity contribution in [2.75, 3.05) is 6.61 Å². The molecule has 1 aliphatic carbocycles. The number of hydrogen-bond acceptors (Lipinski definition) is 1. The van der Waals surface area contributed by atoms with Gasteiger partial charge in [0.05, 0.1) is 0 Å². The average Bonchev–Trinajstić information content (AvgIpc) is 2.86. The highest BCUT2D eigenvalue weighted by Crippen LogP contribution is 2.52. The van der Waals surface area contributed by atoms with E-state index in [2.05, 4.69) is 6.92 Å². The van der Waals surface area contributed by atoms with Crippen LogP contribution in [0.1, 0.15) is 64.7 Å². The molecule has 1 rings (SSSR count). The monoisotopic (exact) mass is 184 g/mol. The average molecular weight is 184 g/mol. The predicted octanol–water partition coefficient (Wildman–Crippen LogP) is 3.51. The molecule has 13 heavy (non-hydrogen) atoms. The van der Waals surface area contributed by atoms with Crippen LogP contribution in [0.3, 0.4) is 0 Å². The van der Waals surface area contributed by atoms with Crippen molar-refractivity contribution in [2.45, 2.75) is 64.7 Å². The number of aliphatic hydroxyl groups excluding tert-OH is 1. The van der Waals surface area contributed by atoms with Gasteiger partial charge in [-0.3, -0.25) is 0 Å². The van der Waals surface area contributed by atoms with Crippen LogP contribution >= 0.6 is 0 Å². The first kappa shape index (κ1) is 11.0. The van der Waals surface area contributed by atoms with Gasteiger partial charge in [-0.05, 0) is 31.1 Å². The first-order chi connectivity index (χ1) is 6.33. The molecule has 0 bridgehead atoms. The van der Waals surface area contributed by atoms with Crippen molar-refractivity contribution < 1.29 is 5.11 Å². The fraction of sp³-hybridized carbons (Fsp3) is 1.00. The maximum atomic E-state index is 8.88. The first-order valence-electron chi connectivity index (χ1n) is 5.94. The molecule has 1 aliphatic rings. The van der Waals surface area contributed by atoms with Crippen LogP contribution in [0.2, 0.25) is 0 Å². The highest BCUT2D eigenvalue weighted by Gasteiger charge is 2.40. The lowest BCUT2D eigenvalue weighted by Gasteiger charge is -2.12. The van der Waals surface area contributed by atoms with E-state index in [1.807, 2.05) is 0 Å². The van der Waals surface area contributed by atoms with E-state index >= 15 is 0 Å². The Morgan fingerprint density at radius 2 is 1.69 bits per heavy atom. The molecule has 0 unspecified atom stereocenters. The van der Waals surface area contributed by atoms with E-state index in [1.165, 1.54) is 51.4 Å². The second-order valence-electron chi connectivity index (χ2n) is 4.64. The van der Waals surface area contributed by atoms with Gasteiger partial charge in [-0.1, -0.05) is 39.0 Å². The molecule has 0 aromatic rings. The van der Waals surface area contributed by atoms with E-state index in [-0.39, 0.29) is 0 Å². The van der Waals surface area contributed by atoms with Gasteiger partial charge in [-0.2, -0.15) is 0 Å². The molecule has 0 heterocycles. The lowest BCUT2D eigenvalue weighted by atomic mass is 9.95. The summed E-state index contributed by atoms with van der Waals surface area (Å²) in [5.41, 5.74) is 0.598. The number of unbranched alkanes of at least 4 members (excludes halogenated alkanes) is 4. The molecule has 1 N–H and O–H groups in total. The SMILES string of the molecule is CCCCCCCC1(CCO)CC1. The summed E-state index contributed by atoms with van der Waals surface area (Å²) in [6.07, 6.45) is 12.1. The summed E-state index contributed by atoms with van der Waals surface area (Å²) in [6.45, 7) is 2.66. The molecule has 0 saturated heterocycles. The zero-order chi connectivity index (χ0) is 9.57. The Kier molecular flexibility index (Phi) is 4.79. The minimum Gasteiger partial charge on any atom is -0.396 e. The topological polar surface area (TPSA) is 20.2 Å². The molecule has 0 aromatic heterocycles. The molecule has 0 atom stereocenters. The molecular formula is C12H24O. The van der Waals surface area contributed by atoms with Crippen LogP contribution in [0.5, 0.6) is 0 Å². The third-order valence-corrected chi connectivity index (χ3v) is 3.41. The Morgan fingerprint density at radius 1 is 1.00 bits per heavy atom. The summed E-state index contributed by atoms with van der Waals surface area (Å²) in [5, 5.41) is 8.88. The van der Waals surface area contributed by atoms with E-state index in [9.17, 15) is 0 Å². The van der Waals surface area contributed by atoms with Crippen molar-refractivity contribution in [3.05, 3.63) is 0 Å². The molecule has 1 saturated carbocycles. The smallest absolute Gasteiger partial charge is 0.0436 e. The zero-order valence-corrected chi connectivity index (χ0v) is 9.02. The molecule has 0 aliphatic heterocycles. The Morgan fingerprint density at radius 3 is 2.23 bits per heavy atom. The minimum absolute atomic E-state index is 0.398. The number of aliphatic hydroxyl groups is 1. The van der Waals surface area contributed by atoms with Crippen molar-refractivity contribution in [1.82, 2.24) is 0 Å². The van der Waals surface area contributed by atoms with Crippen molar-refractivity contribution in [3.63, 3.8) is 0 Å². The molecule has 1 fully saturated rings. The van der Waals surface area contributed by atoms with E-state index in [0.717, 1.165) is 6.42 Å². The standard InChI is InChI=1S/C12H24O/c1-2-3-4-5-6-7-12(8-9-12)10-11-13/h13H,2-11H2,1H3. The second-order valence-corrected chi connectivity index (χ2v) is 4.64. The van der Waals surface area contributed by atoms with Crippen molar-refractivity contribution in [3.8, 4) is 0 Å². The summed E-state index contributed by atoms with van der Waals surface area (Å²) in [7, 11) is 0. The molecule has 78 valence electrons. The lowest BCUT2D eigenvalue weighted by molar-refractivity contribution is 0.240. The highest BCUT2D eigenvalue weighted by atomic mass is 16.3. The summed E-state index contributed by atoms with van der Waals surface area (Å²) in [4.78, 5) is 0. The summed E-state index contributed by atoms with van der Waals surface area (Å²) < 4.78 is 0. The van der Waals surface area contributed by atoms with E-state index in [4.69, 9.17) is 5.11 Å². The minimum atomic E-state index is 0.398. The Hall–Kier alpha value is -0.0400. The van der Waals surface area contributed by atoms with Gasteiger partial charge in [0.2, 0.25) is 0 Å². The van der Waals surface area contributed by atoms with Crippen molar-refractivity contribution >= 4 is 0 Å². The van der Waals surface area contributed by atoms with Crippen LogP contribution in [-0.4, -0.2) is 11.7 Å². The van der Waals surface area contributed by atoms with Gasteiger partial charge in [0.15, 0.2) is 0 Å². The summed E-state index contributed by atoms with van der Waals surface area (Å²) >= 11 is 0. The predicted molar refractivity (Wildman–Crippen MR) is 56.7 cm³/mol. The Labute approximate surface area is 82.5 Å². The fourth-order valence-electron chi connectivity index (χ4n) is 2.14. The van der Waals surface area contributed by atoms with E-state index in [0.29, 0.717) is 12.0 Å². The van der Waals surface area contributed by atoms with Gasteiger partial charge in [-0.25, -0.2) is 0 Å². The Bertz CT molecular complexity index is 127. The number of rotatable bonds is 8. The third-order valence-electron chi connectivity index (χ3n) is 3.41. The molecule has 0 spiro atoms. The largest absolute Gasteiger partial charge is 0.396 e. The van der Waals surface area contributed by atoms with Crippen LogP contribution in [0.15, 0.2) is 0 Å². The molecular weight excluding hydrogens is 160 g/mol. The lowest BCUT2D eigenvalue weighted by Crippen LogP contribution is -2.02. The van der Waals surface area contributed by atoms with Gasteiger partial charge in [0.1, 0.15) is 0 Å². The van der Waals surface area contributed by atoms with Gasteiger partial charge in [0.25, 0.3) is 0 Å². The summed E-state index contributed by atoms with van der Waals surface area (Å²) in [5.74, 6) is 0.